The molecule has 1 aliphatic rings. The zero-order valence-electron chi connectivity index (χ0n) is 14.1. The van der Waals surface area contributed by atoms with Gasteiger partial charge in [0.1, 0.15) is 0 Å². The lowest BCUT2D eigenvalue weighted by Crippen LogP contribution is -2.30. The second-order valence-electron chi connectivity index (χ2n) is 6.10. The molecule has 0 radical (unpaired) electrons. The Morgan fingerprint density at radius 2 is 2.16 bits per heavy atom. The van der Waals surface area contributed by atoms with Gasteiger partial charge < -0.3 is 19.3 Å². The summed E-state index contributed by atoms with van der Waals surface area (Å²) in [5.41, 5.74) is 1.98. The first-order chi connectivity index (χ1) is 12.2. The smallest absolute Gasteiger partial charge is 0.240 e. The minimum atomic E-state index is 0.222. The van der Waals surface area contributed by atoms with Crippen LogP contribution in [0.2, 0.25) is 0 Å². The van der Waals surface area contributed by atoms with E-state index in [9.17, 15) is 0 Å². The number of ether oxygens (including phenoxy) is 2. The predicted octanol–water partition coefficient (Wildman–Crippen LogP) is 2.15. The van der Waals surface area contributed by atoms with Crippen molar-refractivity contribution in [3.8, 4) is 22.9 Å². The maximum Gasteiger partial charge on any atom is 0.240 e. The summed E-state index contributed by atoms with van der Waals surface area (Å²) in [7, 11) is 0. The van der Waals surface area contributed by atoms with Crippen molar-refractivity contribution in [2.24, 2.45) is 0 Å². The molecule has 0 fully saturated rings. The molecule has 1 N–H and O–H groups in total. The van der Waals surface area contributed by atoms with Gasteiger partial charge in [-0.15, -0.1) is 0 Å². The molecule has 130 valence electrons. The van der Waals surface area contributed by atoms with Crippen molar-refractivity contribution in [3.05, 3.63) is 42.0 Å². The van der Waals surface area contributed by atoms with Gasteiger partial charge in [0.2, 0.25) is 18.5 Å². The lowest BCUT2D eigenvalue weighted by atomic mass is 10.2. The zero-order valence-corrected chi connectivity index (χ0v) is 14.1. The van der Waals surface area contributed by atoms with Gasteiger partial charge in [-0.25, -0.2) is 0 Å². The van der Waals surface area contributed by atoms with Gasteiger partial charge >= 0.3 is 0 Å². The van der Waals surface area contributed by atoms with Crippen molar-refractivity contribution in [1.82, 2.24) is 25.2 Å². The average Bonchev–Trinajstić information content (AvgIpc) is 3.32. The molecular weight excluding hydrogens is 322 g/mol. The zero-order chi connectivity index (χ0) is 17.2. The highest BCUT2D eigenvalue weighted by molar-refractivity contribution is 5.61. The van der Waals surface area contributed by atoms with E-state index in [0.717, 1.165) is 23.4 Å². The van der Waals surface area contributed by atoms with E-state index in [1.807, 2.05) is 42.2 Å². The van der Waals surface area contributed by atoms with E-state index in [1.165, 1.54) is 0 Å². The quantitative estimate of drug-likeness (QED) is 0.735. The molecule has 0 saturated heterocycles. The number of fused-ring (bicyclic) bond motifs is 1. The van der Waals surface area contributed by atoms with E-state index < -0.39 is 0 Å². The Balaban J connectivity index is 1.36. The van der Waals surface area contributed by atoms with Crippen LogP contribution in [0.5, 0.6) is 11.5 Å². The number of hydrogen-bond donors (Lipinski definition) is 1. The standard InChI is InChI=1S/C17H19N5O3/c1-11-6-19-22(8-11)9-12(2)18-7-16-20-17(21-25-16)13-3-4-14-15(5-13)24-10-23-14/h3-6,8,12,18H,7,9-10H2,1-2H3. The molecule has 25 heavy (non-hydrogen) atoms. The first kappa shape index (κ1) is 15.6. The second kappa shape index (κ2) is 6.56. The van der Waals surface area contributed by atoms with Gasteiger partial charge in [-0.1, -0.05) is 5.16 Å². The Kier molecular flexibility index (Phi) is 4.10. The van der Waals surface area contributed by atoms with Crippen LogP contribution in [0.3, 0.4) is 0 Å². The van der Waals surface area contributed by atoms with Crippen molar-refractivity contribution >= 4 is 0 Å². The van der Waals surface area contributed by atoms with E-state index in [0.29, 0.717) is 24.0 Å². The monoisotopic (exact) mass is 341 g/mol. The molecule has 1 atom stereocenters. The molecular formula is C17H19N5O3. The number of hydrogen-bond acceptors (Lipinski definition) is 7. The molecule has 0 bridgehead atoms. The maximum atomic E-state index is 5.38. The average molecular weight is 341 g/mol. The molecule has 0 aliphatic carbocycles. The summed E-state index contributed by atoms with van der Waals surface area (Å²) in [5.74, 6) is 2.50. The number of aryl methyl sites for hydroxylation is 1. The molecule has 0 amide bonds. The van der Waals surface area contributed by atoms with Gasteiger partial charge in [-0.05, 0) is 37.6 Å². The van der Waals surface area contributed by atoms with Crippen LogP contribution in [0.4, 0.5) is 0 Å². The summed E-state index contributed by atoms with van der Waals surface area (Å²) >= 11 is 0. The Hall–Kier alpha value is -2.87. The minimum Gasteiger partial charge on any atom is -0.454 e. The third-order valence-electron chi connectivity index (χ3n) is 3.92. The maximum absolute atomic E-state index is 5.38. The topological polar surface area (TPSA) is 87.2 Å². The van der Waals surface area contributed by atoms with Crippen LogP contribution in [-0.4, -0.2) is 32.8 Å². The van der Waals surface area contributed by atoms with Crippen molar-refractivity contribution < 1.29 is 14.0 Å². The Morgan fingerprint density at radius 1 is 1.28 bits per heavy atom. The molecule has 8 heteroatoms. The van der Waals surface area contributed by atoms with E-state index in [4.69, 9.17) is 14.0 Å². The molecule has 4 rings (SSSR count). The van der Waals surface area contributed by atoms with Crippen LogP contribution in [0.1, 0.15) is 18.4 Å². The fourth-order valence-electron chi connectivity index (χ4n) is 2.65. The number of nitrogens with one attached hydrogen (secondary N) is 1. The predicted molar refractivity (Wildman–Crippen MR) is 89.1 cm³/mol. The van der Waals surface area contributed by atoms with Crippen molar-refractivity contribution in [2.75, 3.05) is 6.79 Å². The van der Waals surface area contributed by atoms with Crippen LogP contribution in [0.15, 0.2) is 35.1 Å². The third-order valence-corrected chi connectivity index (χ3v) is 3.92. The highest BCUT2D eigenvalue weighted by Gasteiger charge is 2.16. The number of aromatic nitrogens is 4. The highest BCUT2D eigenvalue weighted by atomic mass is 16.7. The lowest BCUT2D eigenvalue weighted by molar-refractivity contribution is 0.174. The van der Waals surface area contributed by atoms with E-state index in [2.05, 4.69) is 27.5 Å². The Morgan fingerprint density at radius 3 is 3.00 bits per heavy atom. The molecule has 3 heterocycles. The highest BCUT2D eigenvalue weighted by Crippen LogP contribution is 2.35. The van der Waals surface area contributed by atoms with E-state index >= 15 is 0 Å². The molecule has 1 aromatic carbocycles. The summed E-state index contributed by atoms with van der Waals surface area (Å²) in [6.07, 6.45) is 3.87. The number of benzene rings is 1. The minimum absolute atomic E-state index is 0.222. The summed E-state index contributed by atoms with van der Waals surface area (Å²) in [5, 5.41) is 11.7. The number of nitrogens with zero attached hydrogens (tertiary/aromatic N) is 4. The molecule has 1 aliphatic heterocycles. The van der Waals surface area contributed by atoms with Crippen molar-refractivity contribution in [3.63, 3.8) is 0 Å². The van der Waals surface area contributed by atoms with Crippen LogP contribution in [0.25, 0.3) is 11.4 Å². The molecule has 2 aromatic heterocycles. The molecule has 0 saturated carbocycles. The van der Waals surface area contributed by atoms with Crippen LogP contribution in [-0.2, 0) is 13.1 Å². The van der Waals surface area contributed by atoms with Gasteiger partial charge in [0.05, 0.1) is 19.3 Å². The third kappa shape index (κ3) is 3.48. The van der Waals surface area contributed by atoms with Crippen molar-refractivity contribution in [2.45, 2.75) is 33.0 Å². The lowest BCUT2D eigenvalue weighted by Gasteiger charge is -2.11. The number of rotatable bonds is 6. The summed E-state index contributed by atoms with van der Waals surface area (Å²) < 4.78 is 17.9. The SMILES string of the molecule is Cc1cnn(CC(C)NCc2nc(-c3ccc4c(c3)OCO4)no2)c1. The first-order valence-electron chi connectivity index (χ1n) is 8.12. The van der Waals surface area contributed by atoms with Crippen molar-refractivity contribution in [1.29, 1.82) is 0 Å². The van der Waals surface area contributed by atoms with Gasteiger partial charge in [-0.2, -0.15) is 10.1 Å². The molecule has 3 aromatic rings. The summed E-state index contributed by atoms with van der Waals surface area (Å²) in [6, 6.07) is 5.81. The molecule has 0 spiro atoms. The van der Waals surface area contributed by atoms with Crippen LogP contribution in [0, 0.1) is 6.92 Å². The Bertz CT molecular complexity index is 873. The largest absolute Gasteiger partial charge is 0.454 e. The van der Waals surface area contributed by atoms with Crippen LogP contribution >= 0.6 is 0 Å². The van der Waals surface area contributed by atoms with Gasteiger partial charge in [0.15, 0.2) is 11.5 Å². The van der Waals surface area contributed by atoms with Gasteiger partial charge in [0, 0.05) is 17.8 Å². The normalized spacial score (nSPS) is 14.0. The van der Waals surface area contributed by atoms with Gasteiger partial charge in [-0.3, -0.25) is 4.68 Å². The fourth-order valence-corrected chi connectivity index (χ4v) is 2.65. The Labute approximate surface area is 144 Å². The summed E-state index contributed by atoms with van der Waals surface area (Å²) in [4.78, 5) is 4.43. The fraction of sp³-hybridized carbons (Fsp3) is 0.353. The van der Waals surface area contributed by atoms with E-state index in [-0.39, 0.29) is 12.8 Å². The van der Waals surface area contributed by atoms with Crippen LogP contribution < -0.4 is 14.8 Å². The second-order valence-corrected chi connectivity index (χ2v) is 6.10. The van der Waals surface area contributed by atoms with E-state index in [1.54, 1.807) is 0 Å². The molecule has 1 unspecified atom stereocenters. The van der Waals surface area contributed by atoms with Gasteiger partial charge in [0.25, 0.3) is 0 Å². The first-order valence-corrected chi connectivity index (χ1v) is 8.12. The molecule has 8 nitrogen and oxygen atoms in total. The summed E-state index contributed by atoms with van der Waals surface area (Å²) in [6.45, 7) is 5.63.